The van der Waals surface area contributed by atoms with E-state index in [9.17, 15) is 14.5 Å². The third kappa shape index (κ3) is 4.07. The molecule has 0 N–H and O–H groups in total. The summed E-state index contributed by atoms with van der Waals surface area (Å²) < 4.78 is 21.7. The first-order valence-electron chi connectivity index (χ1n) is 7.55. The van der Waals surface area contributed by atoms with Gasteiger partial charge >= 0.3 is 0 Å². The lowest BCUT2D eigenvalue weighted by atomic mass is 9.93. The third-order valence-corrected chi connectivity index (χ3v) is 4.16. The first kappa shape index (κ1) is 18.3. The second kappa shape index (κ2) is 6.82. The van der Waals surface area contributed by atoms with Crippen LogP contribution >= 0.6 is 0 Å². The van der Waals surface area contributed by atoms with Gasteiger partial charge in [-0.3, -0.25) is 14.7 Å². The molecular weight excluding hydrogens is 329 g/mol. The Morgan fingerprint density at radius 2 is 2.04 bits per heavy atom. The van der Waals surface area contributed by atoms with Crippen LogP contribution in [-0.2, 0) is 16.4 Å². The first-order chi connectivity index (χ1) is 11.1. The van der Waals surface area contributed by atoms with E-state index < -0.39 is 19.8 Å². The smallest absolute Gasteiger partial charge is 0.272 e. The van der Waals surface area contributed by atoms with Crippen molar-refractivity contribution in [2.75, 3.05) is 0 Å². The second-order valence-electron chi connectivity index (χ2n) is 6.75. The summed E-state index contributed by atoms with van der Waals surface area (Å²) in [5, 5.41) is 10.8. The number of halogens is 1. The molecule has 0 amide bonds. The molecule has 2 rings (SSSR count). The number of nitro groups is 1. The van der Waals surface area contributed by atoms with E-state index in [1.54, 1.807) is 10.8 Å². The number of imidazole rings is 1. The summed E-state index contributed by atoms with van der Waals surface area (Å²) in [5.41, 5.74) is 0.546. The Labute approximate surface area is 142 Å². The highest BCUT2D eigenvalue weighted by Gasteiger charge is 2.22. The van der Waals surface area contributed by atoms with Gasteiger partial charge in [0.25, 0.3) is 5.69 Å². The average molecular weight is 350 g/mol. The standard InChI is InChI=1S/C16H21FN3O3Si/c1-16(2,3)14-9-19(15(18-14)10-23-24(4)5)13-7-6-11(20(21)22)8-12(13)17/h6-9H,10H2,1-5H3. The summed E-state index contributed by atoms with van der Waals surface area (Å²) in [5.74, 6) is -0.0827. The fourth-order valence-electron chi connectivity index (χ4n) is 2.10. The largest absolute Gasteiger partial charge is 0.410 e. The Morgan fingerprint density at radius 3 is 2.54 bits per heavy atom. The fraction of sp³-hybridized carbons (Fsp3) is 0.438. The van der Waals surface area contributed by atoms with Crippen molar-refractivity contribution in [1.29, 1.82) is 0 Å². The minimum absolute atomic E-state index is 0.205. The highest BCUT2D eigenvalue weighted by atomic mass is 28.3. The summed E-state index contributed by atoms with van der Waals surface area (Å²) in [6, 6.07) is 3.61. The van der Waals surface area contributed by atoms with Crippen molar-refractivity contribution in [1.82, 2.24) is 9.55 Å². The number of hydrogen-bond acceptors (Lipinski definition) is 4. The van der Waals surface area contributed by atoms with E-state index in [0.717, 1.165) is 11.8 Å². The van der Waals surface area contributed by atoms with Crippen LogP contribution in [0.25, 0.3) is 5.69 Å². The molecule has 8 heteroatoms. The lowest BCUT2D eigenvalue weighted by Gasteiger charge is -2.14. The van der Waals surface area contributed by atoms with Crippen molar-refractivity contribution < 1.29 is 13.7 Å². The molecule has 6 nitrogen and oxygen atoms in total. The van der Waals surface area contributed by atoms with Gasteiger partial charge in [-0.05, 0) is 19.2 Å². The highest BCUT2D eigenvalue weighted by molar-refractivity contribution is 6.48. The SMILES string of the molecule is C[Si](C)OCc1nc(C(C)(C)C)cn1-c1ccc([N+](=O)[O-])cc1F. The van der Waals surface area contributed by atoms with E-state index in [2.05, 4.69) is 4.98 Å². The lowest BCUT2D eigenvalue weighted by Crippen LogP contribution is -2.12. The highest BCUT2D eigenvalue weighted by Crippen LogP contribution is 2.26. The van der Waals surface area contributed by atoms with Gasteiger partial charge in [-0.2, -0.15) is 0 Å². The number of benzene rings is 1. The number of rotatable bonds is 5. The van der Waals surface area contributed by atoms with Crippen LogP contribution in [0.4, 0.5) is 10.1 Å². The van der Waals surface area contributed by atoms with E-state index >= 15 is 0 Å². The molecule has 0 unspecified atom stereocenters. The molecule has 0 saturated carbocycles. The summed E-state index contributed by atoms with van der Waals surface area (Å²) in [4.78, 5) is 14.7. The van der Waals surface area contributed by atoms with Crippen molar-refractivity contribution in [3.8, 4) is 5.69 Å². The molecule has 0 atom stereocenters. The molecule has 1 aromatic carbocycles. The molecule has 0 fully saturated rings. The van der Waals surface area contributed by atoms with Crippen molar-refractivity contribution in [3.63, 3.8) is 0 Å². The summed E-state index contributed by atoms with van der Waals surface area (Å²) in [6.07, 6.45) is 1.76. The Bertz CT molecular complexity index is 754. The Hall–Kier alpha value is -2.06. The van der Waals surface area contributed by atoms with E-state index in [1.165, 1.54) is 12.1 Å². The first-order valence-corrected chi connectivity index (χ1v) is 9.96. The summed E-state index contributed by atoms with van der Waals surface area (Å²) in [7, 11) is -0.920. The molecule has 0 aliphatic heterocycles. The maximum atomic E-state index is 14.4. The zero-order valence-electron chi connectivity index (χ0n) is 14.5. The maximum absolute atomic E-state index is 14.4. The van der Waals surface area contributed by atoms with Crippen LogP contribution in [0.15, 0.2) is 24.4 Å². The molecule has 2 aromatic rings. The lowest BCUT2D eigenvalue weighted by molar-refractivity contribution is -0.385. The van der Waals surface area contributed by atoms with Crippen LogP contribution in [0.3, 0.4) is 0 Å². The van der Waals surface area contributed by atoms with Gasteiger partial charge in [-0.1, -0.05) is 20.8 Å². The molecule has 0 saturated heterocycles. The predicted molar refractivity (Wildman–Crippen MR) is 91.1 cm³/mol. The molecule has 1 heterocycles. The monoisotopic (exact) mass is 350 g/mol. The van der Waals surface area contributed by atoms with Crippen LogP contribution in [0.5, 0.6) is 0 Å². The number of nitro benzene ring substituents is 1. The fourth-order valence-corrected chi connectivity index (χ4v) is 2.52. The third-order valence-electron chi connectivity index (χ3n) is 3.44. The quantitative estimate of drug-likeness (QED) is 0.464. The Morgan fingerprint density at radius 1 is 1.38 bits per heavy atom. The molecule has 0 spiro atoms. The van der Waals surface area contributed by atoms with Gasteiger partial charge in [0.2, 0.25) is 9.04 Å². The number of aromatic nitrogens is 2. The summed E-state index contributed by atoms with van der Waals surface area (Å²) >= 11 is 0. The predicted octanol–water partition coefficient (Wildman–Crippen LogP) is 3.98. The van der Waals surface area contributed by atoms with Crippen LogP contribution in [-0.4, -0.2) is 23.5 Å². The molecule has 0 aliphatic carbocycles. The zero-order valence-corrected chi connectivity index (χ0v) is 15.5. The van der Waals surface area contributed by atoms with Gasteiger partial charge in [-0.25, -0.2) is 9.37 Å². The summed E-state index contributed by atoms with van der Waals surface area (Å²) in [6.45, 7) is 10.3. The van der Waals surface area contributed by atoms with E-state index in [-0.39, 0.29) is 23.4 Å². The van der Waals surface area contributed by atoms with Gasteiger partial charge in [0.1, 0.15) is 5.82 Å². The van der Waals surface area contributed by atoms with Gasteiger partial charge in [0.15, 0.2) is 5.82 Å². The minimum atomic E-state index is -0.920. The number of hydrogen-bond donors (Lipinski definition) is 0. The van der Waals surface area contributed by atoms with Crippen LogP contribution in [0, 0.1) is 15.9 Å². The zero-order chi connectivity index (χ0) is 18.1. The van der Waals surface area contributed by atoms with Crippen LogP contribution in [0.1, 0.15) is 32.3 Å². The molecule has 24 heavy (non-hydrogen) atoms. The Balaban J connectivity index is 2.51. The topological polar surface area (TPSA) is 70.2 Å². The van der Waals surface area contributed by atoms with Gasteiger partial charge in [0, 0.05) is 17.7 Å². The molecule has 1 radical (unpaired) electrons. The molecule has 0 aliphatic rings. The van der Waals surface area contributed by atoms with E-state index in [4.69, 9.17) is 4.43 Å². The average Bonchev–Trinajstić information content (AvgIpc) is 2.88. The van der Waals surface area contributed by atoms with Crippen LogP contribution < -0.4 is 0 Å². The van der Waals surface area contributed by atoms with Crippen molar-refractivity contribution >= 4 is 14.7 Å². The normalized spacial score (nSPS) is 12.0. The number of non-ortho nitro benzene ring substituents is 1. The van der Waals surface area contributed by atoms with Crippen molar-refractivity contribution in [2.24, 2.45) is 0 Å². The van der Waals surface area contributed by atoms with E-state index in [0.29, 0.717) is 5.82 Å². The van der Waals surface area contributed by atoms with Gasteiger partial charge < -0.3 is 4.43 Å². The van der Waals surface area contributed by atoms with Gasteiger partial charge in [-0.15, -0.1) is 0 Å². The van der Waals surface area contributed by atoms with Gasteiger partial charge in [0.05, 0.1) is 29.0 Å². The molecular formula is C16H21FN3O3Si. The van der Waals surface area contributed by atoms with E-state index in [1.807, 2.05) is 33.9 Å². The molecule has 129 valence electrons. The van der Waals surface area contributed by atoms with Crippen LogP contribution in [0.2, 0.25) is 13.1 Å². The van der Waals surface area contributed by atoms with Crippen molar-refractivity contribution in [2.45, 2.75) is 45.9 Å². The number of nitrogens with zero attached hydrogens (tertiary/aromatic N) is 3. The molecule has 1 aromatic heterocycles. The second-order valence-corrected chi connectivity index (χ2v) is 8.86. The molecule has 0 bridgehead atoms. The van der Waals surface area contributed by atoms with Crippen molar-refractivity contribution in [3.05, 3.63) is 51.8 Å². The maximum Gasteiger partial charge on any atom is 0.272 e. The Kier molecular flexibility index (Phi) is 5.19. The minimum Gasteiger partial charge on any atom is -0.410 e.